The molecule has 3 aliphatic rings. The summed E-state index contributed by atoms with van der Waals surface area (Å²) in [6.45, 7) is 9.31. The van der Waals surface area contributed by atoms with Crippen molar-refractivity contribution in [3.63, 3.8) is 0 Å². The average molecular weight is 736 g/mol. The molecule has 2 aliphatic heterocycles. The Kier molecular flexibility index (Phi) is 16.0. The lowest BCUT2D eigenvalue weighted by atomic mass is 9.98. The van der Waals surface area contributed by atoms with E-state index in [-0.39, 0.29) is 19.3 Å². The molecule has 53 heavy (non-hydrogen) atoms. The fraction of sp³-hybridized carbons (Fsp3) is 0.513. The summed E-state index contributed by atoms with van der Waals surface area (Å²) in [6, 6.07) is 4.38. The molecule has 5 atom stereocenters. The number of aliphatic carboxylic acids is 1. The molecule has 2 heterocycles. The number of carboxylic acids is 1. The molecule has 0 radical (unpaired) electrons. The SMILES string of the molecule is C=C/C=C\C/C1=C\CCC(C(=O)NC(CCC)C(=O)C(=O)NCC(=O)O)NC(=O)CNC(=O)C(NC(=O)OC(C)(C)C)Cc2ccc(cc2)CC2CC12. The Hall–Kier alpha value is -5.27. The Morgan fingerprint density at radius 3 is 2.38 bits per heavy atom. The van der Waals surface area contributed by atoms with Gasteiger partial charge in [0, 0.05) is 6.42 Å². The Balaban J connectivity index is 1.89. The number of fused-ring (bicyclic) bond motifs is 12. The van der Waals surface area contributed by atoms with E-state index >= 15 is 0 Å². The van der Waals surface area contributed by atoms with Crippen LogP contribution in [0, 0.1) is 11.8 Å². The first-order chi connectivity index (χ1) is 25.1. The van der Waals surface area contributed by atoms with E-state index in [0.29, 0.717) is 31.1 Å². The standard InChI is InChI=1S/C39H53N5O9/c1-6-8-9-12-26-13-10-14-30(36(50)43-29(11-7-2)34(48)37(51)41-23-33(46)47)42-32(45)22-40-35(49)31(44-38(52)53-39(3,4)5)20-25-17-15-24(16-18-25)19-27-21-28(26)27/h6,8-9,13,15-18,27-31H,1,7,10-12,14,19-23H2,2-5H3,(H,40,49)(H,41,51)(H,42,45)(H,43,50)(H,44,52)(H,46,47)/b9-8-,26-13+. The van der Waals surface area contributed by atoms with E-state index in [1.165, 1.54) is 5.57 Å². The zero-order valence-corrected chi connectivity index (χ0v) is 31.0. The van der Waals surface area contributed by atoms with Crippen LogP contribution in [0.3, 0.4) is 0 Å². The quantitative estimate of drug-likeness (QED) is 0.106. The summed E-state index contributed by atoms with van der Waals surface area (Å²) in [4.78, 5) is 89.2. The van der Waals surface area contributed by atoms with Crippen molar-refractivity contribution in [2.24, 2.45) is 11.8 Å². The van der Waals surface area contributed by atoms with E-state index in [1.807, 2.05) is 41.7 Å². The normalized spacial score (nSPS) is 22.5. The van der Waals surface area contributed by atoms with Gasteiger partial charge in [-0.15, -0.1) is 0 Å². The summed E-state index contributed by atoms with van der Waals surface area (Å²) in [5, 5.41) is 21.3. The minimum absolute atomic E-state index is 0.0955. The topological polar surface area (TPSA) is 209 Å². The second-order valence-corrected chi connectivity index (χ2v) is 14.4. The number of carbonyl (C=O) groups excluding carboxylic acids is 6. The molecule has 14 heteroatoms. The summed E-state index contributed by atoms with van der Waals surface area (Å²) in [7, 11) is 0. The van der Waals surface area contributed by atoms with Crippen molar-refractivity contribution in [1.29, 1.82) is 0 Å². The van der Waals surface area contributed by atoms with Gasteiger partial charge in [0.1, 0.15) is 24.2 Å². The molecule has 1 aromatic rings. The molecule has 6 N–H and O–H groups in total. The van der Waals surface area contributed by atoms with Crippen molar-refractivity contribution in [3.05, 3.63) is 71.8 Å². The average Bonchev–Trinajstić information content (AvgIpc) is 3.85. The number of nitrogens with one attached hydrogen (secondary N) is 5. The molecule has 5 amide bonds. The minimum atomic E-state index is -1.33. The molecular weight excluding hydrogens is 682 g/mol. The third kappa shape index (κ3) is 14.7. The van der Waals surface area contributed by atoms with Gasteiger partial charge in [-0.3, -0.25) is 28.8 Å². The van der Waals surface area contributed by atoms with Crippen LogP contribution in [-0.4, -0.2) is 83.4 Å². The van der Waals surface area contributed by atoms with E-state index < -0.39 is 78.3 Å². The largest absolute Gasteiger partial charge is 0.480 e. The number of ether oxygens (including phenoxy) is 1. The predicted octanol–water partition coefficient (Wildman–Crippen LogP) is 2.81. The lowest BCUT2D eigenvalue weighted by Crippen LogP contribution is -2.55. The highest BCUT2D eigenvalue weighted by Crippen LogP contribution is 2.47. The van der Waals surface area contributed by atoms with Gasteiger partial charge in [0.25, 0.3) is 5.91 Å². The van der Waals surface area contributed by atoms with E-state index in [4.69, 9.17) is 9.84 Å². The summed E-state index contributed by atoms with van der Waals surface area (Å²) in [6.07, 6.45) is 10.6. The van der Waals surface area contributed by atoms with Crippen LogP contribution in [0.2, 0.25) is 0 Å². The number of hydrogen-bond acceptors (Lipinski definition) is 8. The molecular formula is C39H53N5O9. The number of alkyl carbamates (subject to hydrolysis) is 1. The lowest BCUT2D eigenvalue weighted by molar-refractivity contribution is -0.143. The molecule has 14 nitrogen and oxygen atoms in total. The second-order valence-electron chi connectivity index (χ2n) is 14.4. The number of carboxylic acid groups (broad SMARTS) is 1. The van der Waals surface area contributed by atoms with Crippen LogP contribution in [0.25, 0.3) is 0 Å². The van der Waals surface area contributed by atoms with Crippen molar-refractivity contribution in [1.82, 2.24) is 26.6 Å². The van der Waals surface area contributed by atoms with E-state index in [2.05, 4.69) is 33.9 Å². The maximum absolute atomic E-state index is 13.7. The Bertz CT molecular complexity index is 1580. The molecule has 288 valence electrons. The first-order valence-electron chi connectivity index (χ1n) is 18.0. The molecule has 1 aromatic carbocycles. The van der Waals surface area contributed by atoms with Crippen molar-refractivity contribution >= 4 is 41.5 Å². The Morgan fingerprint density at radius 1 is 1.08 bits per heavy atom. The van der Waals surface area contributed by atoms with Gasteiger partial charge in [-0.1, -0.05) is 74.1 Å². The number of ketones is 1. The molecule has 5 unspecified atom stereocenters. The van der Waals surface area contributed by atoms with Crippen molar-refractivity contribution in [3.8, 4) is 0 Å². The van der Waals surface area contributed by atoms with E-state index in [1.54, 1.807) is 33.8 Å². The molecule has 0 saturated heterocycles. The van der Waals surface area contributed by atoms with Gasteiger partial charge in [0.2, 0.25) is 23.5 Å². The second kappa shape index (κ2) is 20.1. The van der Waals surface area contributed by atoms with Gasteiger partial charge >= 0.3 is 12.1 Å². The van der Waals surface area contributed by atoms with Gasteiger partial charge in [0.15, 0.2) is 0 Å². The number of carbonyl (C=O) groups is 7. The number of Topliss-reactive ketones (excluding diaryl/α,β-unsaturated/α-hetero) is 1. The van der Waals surface area contributed by atoms with E-state index in [9.17, 15) is 33.6 Å². The van der Waals surface area contributed by atoms with Crippen LogP contribution in [0.1, 0.15) is 77.3 Å². The monoisotopic (exact) mass is 735 g/mol. The van der Waals surface area contributed by atoms with Gasteiger partial charge in [-0.05, 0) is 82.3 Å². The van der Waals surface area contributed by atoms with Crippen molar-refractivity contribution in [2.75, 3.05) is 13.1 Å². The number of amides is 5. The fourth-order valence-electron chi connectivity index (χ4n) is 6.09. The fourth-order valence-corrected chi connectivity index (χ4v) is 6.09. The molecule has 1 aliphatic carbocycles. The van der Waals surface area contributed by atoms with E-state index in [0.717, 1.165) is 24.0 Å². The van der Waals surface area contributed by atoms with Gasteiger partial charge in [0.05, 0.1) is 12.6 Å². The summed E-state index contributed by atoms with van der Waals surface area (Å²) >= 11 is 0. The third-order valence-electron chi connectivity index (χ3n) is 8.76. The minimum Gasteiger partial charge on any atom is -0.480 e. The molecule has 2 bridgehead atoms. The van der Waals surface area contributed by atoms with Crippen molar-refractivity contribution in [2.45, 2.75) is 103 Å². The van der Waals surface area contributed by atoms with Gasteiger partial charge < -0.3 is 36.4 Å². The summed E-state index contributed by atoms with van der Waals surface area (Å²) < 4.78 is 5.37. The first-order valence-corrected chi connectivity index (χ1v) is 18.0. The molecule has 4 rings (SSSR count). The summed E-state index contributed by atoms with van der Waals surface area (Å²) in [5.41, 5.74) is 2.32. The lowest BCUT2D eigenvalue weighted by Gasteiger charge is -2.24. The maximum atomic E-state index is 13.7. The van der Waals surface area contributed by atoms with Crippen LogP contribution in [-0.2, 0) is 46.3 Å². The number of rotatable bonds is 12. The first kappa shape index (κ1) is 42.1. The van der Waals surface area contributed by atoms with Crippen LogP contribution in [0.4, 0.5) is 4.79 Å². The predicted molar refractivity (Wildman–Crippen MR) is 197 cm³/mol. The van der Waals surface area contributed by atoms with Crippen LogP contribution in [0.5, 0.6) is 0 Å². The maximum Gasteiger partial charge on any atom is 0.408 e. The number of benzene rings is 1. The third-order valence-corrected chi connectivity index (χ3v) is 8.76. The Labute approximate surface area is 310 Å². The zero-order chi connectivity index (χ0) is 39.1. The highest BCUT2D eigenvalue weighted by atomic mass is 16.6. The molecule has 1 fully saturated rings. The van der Waals surface area contributed by atoms with Crippen LogP contribution in [0.15, 0.2) is 60.7 Å². The van der Waals surface area contributed by atoms with Crippen molar-refractivity contribution < 1.29 is 43.4 Å². The van der Waals surface area contributed by atoms with Crippen LogP contribution >= 0.6 is 0 Å². The van der Waals surface area contributed by atoms with Gasteiger partial charge in [-0.25, -0.2) is 4.79 Å². The number of hydrogen-bond donors (Lipinski definition) is 6. The highest BCUT2D eigenvalue weighted by Gasteiger charge is 2.39. The Morgan fingerprint density at radius 2 is 1.75 bits per heavy atom. The molecule has 0 spiro atoms. The number of allylic oxidation sites excluding steroid dienone is 5. The molecule has 1 saturated carbocycles. The summed E-state index contributed by atoms with van der Waals surface area (Å²) in [5.74, 6) is -4.82. The van der Waals surface area contributed by atoms with Crippen LogP contribution < -0.4 is 26.6 Å². The van der Waals surface area contributed by atoms with Gasteiger partial charge in [-0.2, -0.15) is 0 Å². The molecule has 0 aromatic heterocycles. The highest BCUT2D eigenvalue weighted by molar-refractivity contribution is 6.38. The smallest absolute Gasteiger partial charge is 0.408 e. The zero-order valence-electron chi connectivity index (χ0n) is 31.0.